The van der Waals surface area contributed by atoms with Crippen molar-refractivity contribution in [3.63, 3.8) is 0 Å². The second kappa shape index (κ2) is 9.06. The smallest absolute Gasteiger partial charge is 0.213 e. The van der Waals surface area contributed by atoms with Gasteiger partial charge in [0, 0.05) is 21.2 Å². The van der Waals surface area contributed by atoms with Crippen LogP contribution in [-0.2, 0) is 0 Å². The molecule has 7 heteroatoms. The highest BCUT2D eigenvalue weighted by Gasteiger charge is 2.18. The molecule has 162 valence electrons. The zero-order valence-electron chi connectivity index (χ0n) is 17.5. The molecule has 33 heavy (non-hydrogen) atoms. The number of aromatic nitrogens is 3. The van der Waals surface area contributed by atoms with Gasteiger partial charge in [-0.25, -0.2) is 9.50 Å². The monoisotopic (exact) mass is 533 g/mol. The molecule has 5 rings (SSSR count). The van der Waals surface area contributed by atoms with Gasteiger partial charge in [-0.15, -0.1) is 0 Å². The SMILES string of the molecule is Cc1ccc(C(=O)/C=C/c2c(-c3ccc(Br)cc3)nc3sc(-c4ccccc4Cl)nn23)cc1. The number of benzene rings is 3. The van der Waals surface area contributed by atoms with E-state index in [0.29, 0.717) is 10.6 Å². The molecule has 3 aromatic carbocycles. The van der Waals surface area contributed by atoms with E-state index in [2.05, 4.69) is 15.9 Å². The van der Waals surface area contributed by atoms with E-state index in [-0.39, 0.29) is 5.78 Å². The fourth-order valence-electron chi connectivity index (χ4n) is 3.45. The average molecular weight is 535 g/mol. The van der Waals surface area contributed by atoms with Gasteiger partial charge in [0.05, 0.1) is 16.4 Å². The Labute approximate surface area is 208 Å². The van der Waals surface area contributed by atoms with Crippen LogP contribution in [0.15, 0.2) is 83.3 Å². The summed E-state index contributed by atoms with van der Waals surface area (Å²) in [5.41, 5.74) is 5.04. The quantitative estimate of drug-likeness (QED) is 0.171. The number of carbonyl (C=O) groups is 1. The third-order valence-corrected chi connectivity index (χ3v) is 6.99. The predicted octanol–water partition coefficient (Wildman–Crippen LogP) is 7.75. The number of fused-ring (bicyclic) bond motifs is 1. The Morgan fingerprint density at radius 3 is 2.48 bits per heavy atom. The Bertz CT molecular complexity index is 1500. The molecule has 0 aliphatic rings. The lowest BCUT2D eigenvalue weighted by atomic mass is 10.1. The maximum Gasteiger partial charge on any atom is 0.213 e. The molecule has 5 aromatic rings. The molecule has 0 saturated carbocycles. The van der Waals surface area contributed by atoms with Crippen molar-refractivity contribution >= 4 is 55.7 Å². The van der Waals surface area contributed by atoms with Crippen molar-refractivity contribution in [3.8, 4) is 21.8 Å². The number of nitrogens with zero attached hydrogens (tertiary/aromatic N) is 3. The first kappa shape index (κ1) is 21.8. The zero-order chi connectivity index (χ0) is 22.9. The second-order valence-corrected chi connectivity index (χ2v) is 9.78. The number of imidazole rings is 1. The summed E-state index contributed by atoms with van der Waals surface area (Å²) < 4.78 is 2.76. The molecule has 0 saturated heterocycles. The van der Waals surface area contributed by atoms with Gasteiger partial charge in [-0.05, 0) is 37.3 Å². The molecule has 0 fully saturated rings. The Balaban J connectivity index is 1.62. The molecular weight excluding hydrogens is 518 g/mol. The topological polar surface area (TPSA) is 47.3 Å². The van der Waals surface area contributed by atoms with Gasteiger partial charge in [0.25, 0.3) is 0 Å². The molecule has 4 nitrogen and oxygen atoms in total. The molecule has 0 atom stereocenters. The highest BCUT2D eigenvalue weighted by atomic mass is 79.9. The lowest BCUT2D eigenvalue weighted by Gasteiger charge is -2.02. The number of aryl methyl sites for hydroxylation is 1. The predicted molar refractivity (Wildman–Crippen MR) is 139 cm³/mol. The van der Waals surface area contributed by atoms with Crippen LogP contribution in [0.3, 0.4) is 0 Å². The van der Waals surface area contributed by atoms with Crippen LogP contribution in [0.5, 0.6) is 0 Å². The lowest BCUT2D eigenvalue weighted by molar-refractivity contribution is 0.104. The first-order chi connectivity index (χ1) is 16.0. The van der Waals surface area contributed by atoms with Crippen molar-refractivity contribution in [1.29, 1.82) is 0 Å². The molecule has 0 aliphatic carbocycles. The number of allylic oxidation sites excluding steroid dienone is 1. The third-order valence-electron chi connectivity index (χ3n) is 5.19. The summed E-state index contributed by atoms with van der Waals surface area (Å²) in [5.74, 6) is -0.0757. The van der Waals surface area contributed by atoms with E-state index in [1.807, 2.05) is 79.7 Å². The highest BCUT2D eigenvalue weighted by molar-refractivity contribution is 9.10. The van der Waals surface area contributed by atoms with Crippen LogP contribution in [-0.4, -0.2) is 20.4 Å². The van der Waals surface area contributed by atoms with E-state index in [1.165, 1.54) is 11.3 Å². The largest absolute Gasteiger partial charge is 0.289 e. The van der Waals surface area contributed by atoms with Crippen molar-refractivity contribution < 1.29 is 4.79 Å². The molecule has 2 heterocycles. The summed E-state index contributed by atoms with van der Waals surface area (Å²) >= 11 is 11.3. The van der Waals surface area contributed by atoms with Gasteiger partial charge in [0.15, 0.2) is 5.78 Å². The van der Waals surface area contributed by atoms with Crippen LogP contribution in [0, 0.1) is 6.92 Å². The molecule has 0 N–H and O–H groups in total. The lowest BCUT2D eigenvalue weighted by Crippen LogP contribution is -1.95. The first-order valence-electron chi connectivity index (χ1n) is 10.2. The van der Waals surface area contributed by atoms with Crippen LogP contribution < -0.4 is 0 Å². The van der Waals surface area contributed by atoms with E-state index in [0.717, 1.165) is 42.5 Å². The maximum atomic E-state index is 12.8. The summed E-state index contributed by atoms with van der Waals surface area (Å²) in [6.07, 6.45) is 3.36. The van der Waals surface area contributed by atoms with Gasteiger partial charge in [-0.3, -0.25) is 4.79 Å². The first-order valence-corrected chi connectivity index (χ1v) is 12.2. The molecule has 0 unspecified atom stereocenters. The molecule has 0 spiro atoms. The molecule has 0 bridgehead atoms. The summed E-state index contributed by atoms with van der Waals surface area (Å²) in [7, 11) is 0. The molecule has 0 aliphatic heterocycles. The summed E-state index contributed by atoms with van der Waals surface area (Å²) in [6.45, 7) is 2.00. The van der Waals surface area contributed by atoms with Crippen molar-refractivity contribution in [2.75, 3.05) is 0 Å². The van der Waals surface area contributed by atoms with Crippen LogP contribution in [0.1, 0.15) is 21.6 Å². The number of rotatable bonds is 5. The second-order valence-electron chi connectivity index (χ2n) is 7.50. The fourth-order valence-corrected chi connectivity index (χ4v) is 4.94. The minimum Gasteiger partial charge on any atom is -0.289 e. The summed E-state index contributed by atoms with van der Waals surface area (Å²) in [5, 5.41) is 6.19. The van der Waals surface area contributed by atoms with Crippen molar-refractivity contribution in [3.05, 3.63) is 105 Å². The minimum atomic E-state index is -0.0757. The average Bonchev–Trinajstić information content (AvgIpc) is 3.37. The minimum absolute atomic E-state index is 0.0757. The highest BCUT2D eigenvalue weighted by Crippen LogP contribution is 2.34. The normalized spacial score (nSPS) is 11.5. The number of hydrogen-bond donors (Lipinski definition) is 0. The summed E-state index contributed by atoms with van der Waals surface area (Å²) in [4.78, 5) is 18.4. The van der Waals surface area contributed by atoms with E-state index >= 15 is 0 Å². The van der Waals surface area contributed by atoms with E-state index in [1.54, 1.807) is 16.7 Å². The van der Waals surface area contributed by atoms with Gasteiger partial charge < -0.3 is 0 Å². The Kier molecular flexibility index (Phi) is 5.98. The van der Waals surface area contributed by atoms with E-state index in [4.69, 9.17) is 21.7 Å². The van der Waals surface area contributed by atoms with Crippen molar-refractivity contribution in [1.82, 2.24) is 14.6 Å². The van der Waals surface area contributed by atoms with E-state index < -0.39 is 0 Å². The van der Waals surface area contributed by atoms with Crippen LogP contribution in [0.4, 0.5) is 0 Å². The van der Waals surface area contributed by atoms with Crippen molar-refractivity contribution in [2.45, 2.75) is 6.92 Å². The van der Waals surface area contributed by atoms with E-state index in [9.17, 15) is 4.79 Å². The molecular formula is C26H17BrClN3OS. The number of ketones is 1. The van der Waals surface area contributed by atoms with Gasteiger partial charge >= 0.3 is 0 Å². The van der Waals surface area contributed by atoms with Crippen LogP contribution >= 0.6 is 38.9 Å². The summed E-state index contributed by atoms with van der Waals surface area (Å²) in [6, 6.07) is 23.1. The van der Waals surface area contributed by atoms with Gasteiger partial charge in [0.2, 0.25) is 4.96 Å². The maximum absolute atomic E-state index is 12.8. The van der Waals surface area contributed by atoms with Crippen molar-refractivity contribution in [2.24, 2.45) is 0 Å². The molecule has 2 aromatic heterocycles. The number of hydrogen-bond acceptors (Lipinski definition) is 4. The Morgan fingerprint density at radius 2 is 1.76 bits per heavy atom. The Hall–Kier alpha value is -3.06. The molecule has 0 radical (unpaired) electrons. The van der Waals surface area contributed by atoms with Crippen LogP contribution in [0.2, 0.25) is 5.02 Å². The van der Waals surface area contributed by atoms with Gasteiger partial charge in [-0.2, -0.15) is 5.10 Å². The van der Waals surface area contributed by atoms with Gasteiger partial charge in [-0.1, -0.05) is 99.0 Å². The molecule has 0 amide bonds. The standard InChI is InChI=1S/C26H17BrClN3OS/c1-16-6-8-17(9-7-16)23(32)15-14-22-24(18-10-12-19(27)13-11-18)29-26-31(22)30-25(33-26)20-4-2-3-5-21(20)28/h2-15H,1H3/b15-14+. The number of carbonyl (C=O) groups excluding carboxylic acids is 1. The zero-order valence-corrected chi connectivity index (χ0v) is 20.7. The Morgan fingerprint density at radius 1 is 1.03 bits per heavy atom. The van der Waals surface area contributed by atoms with Gasteiger partial charge in [0.1, 0.15) is 5.01 Å². The van der Waals surface area contributed by atoms with Crippen LogP contribution in [0.25, 0.3) is 32.9 Å². The fraction of sp³-hybridized carbons (Fsp3) is 0.0385. The number of halogens is 2. The third kappa shape index (κ3) is 4.42.